The lowest BCUT2D eigenvalue weighted by Gasteiger charge is -2.10. The molecule has 0 aliphatic carbocycles. The first kappa shape index (κ1) is 12.1. The number of nitrogens with one attached hydrogen (secondary N) is 1. The van der Waals surface area contributed by atoms with Crippen molar-refractivity contribution in [2.24, 2.45) is 0 Å². The molecule has 0 aromatic carbocycles. The minimum atomic E-state index is -0.427. The van der Waals surface area contributed by atoms with Gasteiger partial charge in [-0.15, -0.1) is 0 Å². The maximum atomic E-state index is 9.35. The Bertz CT molecular complexity index is 254. The van der Waals surface area contributed by atoms with Crippen molar-refractivity contribution in [2.45, 2.75) is 12.5 Å². The highest BCUT2D eigenvalue weighted by Gasteiger charge is 2.01. The van der Waals surface area contributed by atoms with Crippen molar-refractivity contribution in [3.05, 3.63) is 30.1 Å². The number of hydrogen-bond donors (Lipinski definition) is 2. The molecule has 0 aliphatic heterocycles. The van der Waals surface area contributed by atoms with Gasteiger partial charge in [-0.1, -0.05) is 6.07 Å². The van der Waals surface area contributed by atoms with E-state index < -0.39 is 6.10 Å². The maximum Gasteiger partial charge on any atom is 0.0897 e. The van der Waals surface area contributed by atoms with Crippen LogP contribution in [0.3, 0.4) is 0 Å². The lowest BCUT2D eigenvalue weighted by atomic mass is 10.2. The first-order valence-corrected chi connectivity index (χ1v) is 5.09. The molecular weight excluding hydrogens is 192 g/mol. The van der Waals surface area contributed by atoms with Gasteiger partial charge in [-0.2, -0.15) is 0 Å². The summed E-state index contributed by atoms with van der Waals surface area (Å²) in [5, 5.41) is 12.5. The van der Waals surface area contributed by atoms with E-state index in [9.17, 15) is 5.11 Å². The Balaban J connectivity index is 2.07. The molecule has 0 fully saturated rings. The largest absolute Gasteiger partial charge is 0.389 e. The van der Waals surface area contributed by atoms with Crippen LogP contribution in [0.5, 0.6) is 0 Å². The van der Waals surface area contributed by atoms with E-state index >= 15 is 0 Å². The Labute approximate surface area is 90.3 Å². The molecule has 0 amide bonds. The Morgan fingerprint density at radius 1 is 1.60 bits per heavy atom. The standard InChI is InChI=1S/C11H18N2O2/c1-15-9-11(14)8-13-6-4-10-3-2-5-12-7-10/h2-3,5,7,11,13-14H,4,6,8-9H2,1H3. The van der Waals surface area contributed by atoms with Gasteiger partial charge in [-0.05, 0) is 24.6 Å². The van der Waals surface area contributed by atoms with Crippen LogP contribution < -0.4 is 5.32 Å². The molecule has 1 unspecified atom stereocenters. The van der Waals surface area contributed by atoms with Gasteiger partial charge >= 0.3 is 0 Å². The van der Waals surface area contributed by atoms with E-state index in [1.807, 2.05) is 18.3 Å². The molecule has 0 radical (unpaired) electrons. The quantitative estimate of drug-likeness (QED) is 0.632. The number of hydrogen-bond acceptors (Lipinski definition) is 4. The molecule has 1 aromatic rings. The van der Waals surface area contributed by atoms with Crippen LogP contribution in [0.4, 0.5) is 0 Å². The van der Waals surface area contributed by atoms with Crippen molar-refractivity contribution in [3.8, 4) is 0 Å². The fourth-order valence-electron chi connectivity index (χ4n) is 1.30. The average molecular weight is 210 g/mol. The molecule has 4 heteroatoms. The number of pyridine rings is 1. The lowest BCUT2D eigenvalue weighted by Crippen LogP contribution is -2.31. The van der Waals surface area contributed by atoms with Crippen LogP contribution in [0.1, 0.15) is 5.56 Å². The fraction of sp³-hybridized carbons (Fsp3) is 0.545. The number of aromatic nitrogens is 1. The zero-order valence-corrected chi connectivity index (χ0v) is 9.02. The minimum absolute atomic E-state index is 0.375. The Morgan fingerprint density at radius 2 is 2.47 bits per heavy atom. The minimum Gasteiger partial charge on any atom is -0.389 e. The lowest BCUT2D eigenvalue weighted by molar-refractivity contribution is 0.0648. The van der Waals surface area contributed by atoms with Gasteiger partial charge in [0.1, 0.15) is 0 Å². The summed E-state index contributed by atoms with van der Waals surface area (Å²) in [6, 6.07) is 3.97. The summed E-state index contributed by atoms with van der Waals surface area (Å²) in [5.74, 6) is 0. The molecule has 15 heavy (non-hydrogen) atoms. The predicted octanol–water partition coefficient (Wildman–Crippen LogP) is 0.221. The van der Waals surface area contributed by atoms with E-state index in [0.29, 0.717) is 13.2 Å². The highest BCUT2D eigenvalue weighted by atomic mass is 16.5. The van der Waals surface area contributed by atoms with Crippen molar-refractivity contribution < 1.29 is 9.84 Å². The van der Waals surface area contributed by atoms with Crippen molar-refractivity contribution in [1.82, 2.24) is 10.3 Å². The molecular formula is C11H18N2O2. The Kier molecular flexibility index (Phi) is 5.92. The molecule has 4 nitrogen and oxygen atoms in total. The average Bonchev–Trinajstić information content (AvgIpc) is 2.26. The van der Waals surface area contributed by atoms with Gasteiger partial charge in [0.2, 0.25) is 0 Å². The number of nitrogens with zero attached hydrogens (tertiary/aromatic N) is 1. The van der Waals surface area contributed by atoms with Gasteiger partial charge in [0, 0.05) is 26.0 Å². The van der Waals surface area contributed by atoms with E-state index in [1.165, 1.54) is 5.56 Å². The highest BCUT2D eigenvalue weighted by Crippen LogP contribution is 1.95. The number of aliphatic hydroxyl groups excluding tert-OH is 1. The van der Waals surface area contributed by atoms with Crippen molar-refractivity contribution in [3.63, 3.8) is 0 Å². The Hall–Kier alpha value is -0.970. The van der Waals surface area contributed by atoms with Gasteiger partial charge in [-0.25, -0.2) is 0 Å². The molecule has 1 aromatic heterocycles. The van der Waals surface area contributed by atoms with Crippen LogP contribution in [-0.4, -0.2) is 43.0 Å². The zero-order valence-electron chi connectivity index (χ0n) is 9.02. The zero-order chi connectivity index (χ0) is 10.9. The van der Waals surface area contributed by atoms with Crippen LogP contribution in [0.2, 0.25) is 0 Å². The van der Waals surface area contributed by atoms with Crippen molar-refractivity contribution in [2.75, 3.05) is 26.8 Å². The molecule has 1 atom stereocenters. The third-order valence-electron chi connectivity index (χ3n) is 2.05. The number of ether oxygens (including phenoxy) is 1. The van der Waals surface area contributed by atoms with Gasteiger partial charge < -0.3 is 15.2 Å². The molecule has 1 rings (SSSR count). The van der Waals surface area contributed by atoms with Crippen molar-refractivity contribution in [1.29, 1.82) is 0 Å². The van der Waals surface area contributed by atoms with E-state index in [1.54, 1.807) is 13.3 Å². The van der Waals surface area contributed by atoms with E-state index in [2.05, 4.69) is 10.3 Å². The molecule has 2 N–H and O–H groups in total. The molecule has 0 spiro atoms. The Morgan fingerprint density at radius 3 is 3.13 bits per heavy atom. The molecule has 0 saturated heterocycles. The fourth-order valence-corrected chi connectivity index (χ4v) is 1.30. The SMILES string of the molecule is COCC(O)CNCCc1cccnc1. The smallest absolute Gasteiger partial charge is 0.0897 e. The normalized spacial score (nSPS) is 12.7. The summed E-state index contributed by atoms with van der Waals surface area (Å²) in [4.78, 5) is 4.03. The van der Waals surface area contributed by atoms with Crippen LogP contribution in [0.25, 0.3) is 0 Å². The predicted molar refractivity (Wildman–Crippen MR) is 58.7 cm³/mol. The molecule has 0 aliphatic rings. The molecule has 0 saturated carbocycles. The number of aliphatic hydroxyl groups is 1. The highest BCUT2D eigenvalue weighted by molar-refractivity contribution is 5.08. The summed E-state index contributed by atoms with van der Waals surface area (Å²) >= 11 is 0. The maximum absolute atomic E-state index is 9.35. The summed E-state index contributed by atoms with van der Waals surface area (Å²) in [6.07, 6.45) is 4.11. The van der Waals surface area contributed by atoms with Gasteiger partial charge in [0.15, 0.2) is 0 Å². The van der Waals surface area contributed by atoms with E-state index in [4.69, 9.17) is 4.74 Å². The number of methoxy groups -OCH3 is 1. The van der Waals surface area contributed by atoms with Crippen LogP contribution in [0, 0.1) is 0 Å². The van der Waals surface area contributed by atoms with Gasteiger partial charge in [0.05, 0.1) is 12.7 Å². The van der Waals surface area contributed by atoms with E-state index in [0.717, 1.165) is 13.0 Å². The third-order valence-corrected chi connectivity index (χ3v) is 2.05. The monoisotopic (exact) mass is 210 g/mol. The second-order valence-electron chi connectivity index (χ2n) is 3.42. The second kappa shape index (κ2) is 7.34. The molecule has 0 bridgehead atoms. The summed E-state index contributed by atoms with van der Waals surface area (Å²) in [5.41, 5.74) is 1.20. The van der Waals surface area contributed by atoms with Crippen LogP contribution >= 0.6 is 0 Å². The molecule has 1 heterocycles. The van der Waals surface area contributed by atoms with Crippen molar-refractivity contribution >= 4 is 0 Å². The third kappa shape index (κ3) is 5.47. The van der Waals surface area contributed by atoms with Gasteiger partial charge in [-0.3, -0.25) is 4.98 Å². The van der Waals surface area contributed by atoms with E-state index in [-0.39, 0.29) is 0 Å². The second-order valence-corrected chi connectivity index (χ2v) is 3.42. The first-order chi connectivity index (χ1) is 7.33. The summed E-state index contributed by atoms with van der Waals surface area (Å²) in [6.45, 7) is 1.78. The first-order valence-electron chi connectivity index (χ1n) is 5.09. The summed E-state index contributed by atoms with van der Waals surface area (Å²) < 4.78 is 4.82. The van der Waals surface area contributed by atoms with Crippen LogP contribution in [-0.2, 0) is 11.2 Å². The van der Waals surface area contributed by atoms with Gasteiger partial charge in [0.25, 0.3) is 0 Å². The summed E-state index contributed by atoms with van der Waals surface area (Å²) in [7, 11) is 1.58. The molecule has 84 valence electrons. The van der Waals surface area contributed by atoms with Crippen LogP contribution in [0.15, 0.2) is 24.5 Å². The number of rotatable bonds is 7. The topological polar surface area (TPSA) is 54.4 Å².